The Labute approximate surface area is 107 Å². The molecule has 2 rings (SSSR count). The summed E-state index contributed by atoms with van der Waals surface area (Å²) in [6.07, 6.45) is 2.93. The predicted molar refractivity (Wildman–Crippen MR) is 72.2 cm³/mol. The molecule has 17 heavy (non-hydrogen) atoms. The van der Waals surface area contributed by atoms with Crippen LogP contribution in [0.25, 0.3) is 11.3 Å². The van der Waals surface area contributed by atoms with E-state index >= 15 is 0 Å². The Morgan fingerprint density at radius 2 is 1.88 bits per heavy atom. The molecule has 0 unspecified atom stereocenters. The van der Waals surface area contributed by atoms with E-state index in [0.717, 1.165) is 17.7 Å². The van der Waals surface area contributed by atoms with Gasteiger partial charge in [-0.25, -0.2) is 0 Å². The summed E-state index contributed by atoms with van der Waals surface area (Å²) in [4.78, 5) is 0. The molecule has 0 saturated heterocycles. The van der Waals surface area contributed by atoms with Crippen molar-refractivity contribution in [2.75, 3.05) is 0 Å². The van der Waals surface area contributed by atoms with Crippen LogP contribution in [0.3, 0.4) is 0 Å². The van der Waals surface area contributed by atoms with E-state index < -0.39 is 0 Å². The van der Waals surface area contributed by atoms with Crippen LogP contribution < -0.4 is 0 Å². The van der Waals surface area contributed by atoms with Crippen molar-refractivity contribution in [2.24, 2.45) is 13.0 Å². The molecule has 1 heterocycles. The van der Waals surface area contributed by atoms with Crippen LogP contribution in [0.4, 0.5) is 0 Å². The van der Waals surface area contributed by atoms with Gasteiger partial charge >= 0.3 is 0 Å². The van der Waals surface area contributed by atoms with Crippen molar-refractivity contribution in [3.05, 3.63) is 41.0 Å². The molecule has 0 aliphatic carbocycles. The Morgan fingerprint density at radius 1 is 1.24 bits per heavy atom. The van der Waals surface area contributed by atoms with Crippen LogP contribution in [-0.2, 0) is 13.5 Å². The van der Waals surface area contributed by atoms with Gasteiger partial charge in [0.2, 0.25) is 0 Å². The van der Waals surface area contributed by atoms with Gasteiger partial charge in [-0.05, 0) is 17.9 Å². The molecule has 0 aliphatic heterocycles. The van der Waals surface area contributed by atoms with Crippen LogP contribution in [0.15, 0.2) is 30.5 Å². The molecule has 0 bridgehead atoms. The number of halogens is 1. The minimum Gasteiger partial charge on any atom is -0.274 e. The Bertz CT molecular complexity index is 497. The molecule has 0 fully saturated rings. The minimum absolute atomic E-state index is 0.680. The van der Waals surface area contributed by atoms with E-state index in [1.165, 1.54) is 5.56 Å². The zero-order chi connectivity index (χ0) is 12.4. The number of aromatic nitrogens is 2. The fourth-order valence-electron chi connectivity index (χ4n) is 1.93. The first kappa shape index (κ1) is 12.2. The first-order chi connectivity index (χ1) is 8.06. The van der Waals surface area contributed by atoms with Crippen molar-refractivity contribution < 1.29 is 0 Å². The minimum atomic E-state index is 0.680. The number of aryl methyl sites for hydroxylation is 1. The number of rotatable bonds is 3. The fraction of sp³-hybridized carbons (Fsp3) is 0.357. The predicted octanol–water partition coefficient (Wildman–Crippen LogP) is 3.94. The lowest BCUT2D eigenvalue weighted by Crippen LogP contribution is -1.93. The lowest BCUT2D eigenvalue weighted by Gasteiger charge is -2.05. The van der Waals surface area contributed by atoms with Crippen LogP contribution in [0, 0.1) is 5.92 Å². The largest absolute Gasteiger partial charge is 0.274 e. The van der Waals surface area contributed by atoms with Gasteiger partial charge in [-0.15, -0.1) is 0 Å². The Kier molecular flexibility index (Phi) is 3.53. The van der Waals surface area contributed by atoms with E-state index in [2.05, 4.69) is 43.2 Å². The third-order valence-corrected chi connectivity index (χ3v) is 2.93. The first-order valence-electron chi connectivity index (χ1n) is 5.84. The van der Waals surface area contributed by atoms with Crippen molar-refractivity contribution >= 4 is 11.6 Å². The summed E-state index contributed by atoms with van der Waals surface area (Å²) in [6.45, 7) is 4.45. The van der Waals surface area contributed by atoms with Gasteiger partial charge in [0.25, 0.3) is 0 Å². The molecule has 0 saturated carbocycles. The second kappa shape index (κ2) is 4.92. The van der Waals surface area contributed by atoms with E-state index in [9.17, 15) is 0 Å². The van der Waals surface area contributed by atoms with Crippen LogP contribution in [-0.4, -0.2) is 9.78 Å². The lowest BCUT2D eigenvalue weighted by molar-refractivity contribution is 0.647. The summed E-state index contributed by atoms with van der Waals surface area (Å²) in [5, 5.41) is 5.05. The highest BCUT2D eigenvalue weighted by Gasteiger charge is 2.08. The maximum absolute atomic E-state index is 6.12. The summed E-state index contributed by atoms with van der Waals surface area (Å²) >= 11 is 6.12. The Morgan fingerprint density at radius 3 is 2.35 bits per heavy atom. The van der Waals surface area contributed by atoms with Gasteiger partial charge in [-0.1, -0.05) is 49.7 Å². The zero-order valence-electron chi connectivity index (χ0n) is 10.4. The van der Waals surface area contributed by atoms with Gasteiger partial charge < -0.3 is 0 Å². The van der Waals surface area contributed by atoms with Gasteiger partial charge in [0.05, 0.1) is 5.02 Å². The highest BCUT2D eigenvalue weighted by molar-refractivity contribution is 6.32. The molecule has 2 nitrogen and oxygen atoms in total. The molecular formula is C14H17ClN2. The van der Waals surface area contributed by atoms with Gasteiger partial charge in [0, 0.05) is 18.8 Å². The van der Waals surface area contributed by atoms with Crippen LogP contribution >= 0.6 is 11.6 Å². The van der Waals surface area contributed by atoms with Crippen LogP contribution in [0.2, 0.25) is 5.02 Å². The number of hydrogen-bond acceptors (Lipinski definition) is 1. The molecular weight excluding hydrogens is 232 g/mol. The third-order valence-electron chi connectivity index (χ3n) is 2.66. The quantitative estimate of drug-likeness (QED) is 0.805. The maximum Gasteiger partial charge on any atom is 0.111 e. The van der Waals surface area contributed by atoms with Crippen LogP contribution in [0.1, 0.15) is 19.4 Å². The van der Waals surface area contributed by atoms with E-state index in [4.69, 9.17) is 11.6 Å². The van der Waals surface area contributed by atoms with Gasteiger partial charge in [0.1, 0.15) is 5.69 Å². The van der Waals surface area contributed by atoms with Gasteiger partial charge in [-0.3, -0.25) is 4.68 Å². The fourth-order valence-corrected chi connectivity index (χ4v) is 2.21. The molecule has 1 aromatic carbocycles. The molecule has 3 heteroatoms. The van der Waals surface area contributed by atoms with Gasteiger partial charge in [0.15, 0.2) is 0 Å². The smallest absolute Gasteiger partial charge is 0.111 e. The molecule has 0 aliphatic rings. The number of benzene rings is 1. The number of nitrogens with zero attached hydrogens (tertiary/aromatic N) is 2. The molecule has 0 radical (unpaired) electrons. The molecule has 0 spiro atoms. The number of hydrogen-bond donors (Lipinski definition) is 0. The molecule has 1 aromatic heterocycles. The van der Waals surface area contributed by atoms with Crippen LogP contribution in [0.5, 0.6) is 0 Å². The average Bonchev–Trinajstić information content (AvgIpc) is 2.58. The molecule has 0 N–H and O–H groups in total. The van der Waals surface area contributed by atoms with Crippen molar-refractivity contribution in [3.8, 4) is 11.3 Å². The highest BCUT2D eigenvalue weighted by Crippen LogP contribution is 2.26. The van der Waals surface area contributed by atoms with Crippen molar-refractivity contribution in [3.63, 3.8) is 0 Å². The summed E-state index contributed by atoms with van der Waals surface area (Å²) in [5.41, 5.74) is 3.28. The Balaban J connectivity index is 2.26. The van der Waals surface area contributed by atoms with E-state index in [1.54, 1.807) is 4.68 Å². The normalized spacial score (nSPS) is 11.1. The van der Waals surface area contributed by atoms with E-state index in [-0.39, 0.29) is 0 Å². The van der Waals surface area contributed by atoms with Crippen molar-refractivity contribution in [1.29, 1.82) is 0 Å². The topological polar surface area (TPSA) is 17.8 Å². The lowest BCUT2D eigenvalue weighted by atomic mass is 10.0. The summed E-state index contributed by atoms with van der Waals surface area (Å²) in [7, 11) is 1.88. The second-order valence-corrected chi connectivity index (χ2v) is 5.20. The van der Waals surface area contributed by atoms with E-state index in [1.807, 2.05) is 13.2 Å². The standard InChI is InChI=1S/C14H17ClN2/c1-10(2)8-11-4-6-12(7-5-11)14-13(15)9-17(3)16-14/h4-7,9-10H,8H2,1-3H3. The summed E-state index contributed by atoms with van der Waals surface area (Å²) in [6, 6.07) is 8.48. The van der Waals surface area contributed by atoms with Gasteiger partial charge in [-0.2, -0.15) is 5.10 Å². The average molecular weight is 249 g/mol. The summed E-state index contributed by atoms with van der Waals surface area (Å²) < 4.78 is 1.74. The molecule has 2 aromatic rings. The van der Waals surface area contributed by atoms with E-state index in [0.29, 0.717) is 10.9 Å². The first-order valence-corrected chi connectivity index (χ1v) is 6.22. The van der Waals surface area contributed by atoms with Crippen molar-refractivity contribution in [1.82, 2.24) is 9.78 Å². The summed E-state index contributed by atoms with van der Waals surface area (Å²) in [5.74, 6) is 0.680. The maximum atomic E-state index is 6.12. The molecule has 90 valence electrons. The third kappa shape index (κ3) is 2.89. The monoisotopic (exact) mass is 248 g/mol. The second-order valence-electron chi connectivity index (χ2n) is 4.79. The SMILES string of the molecule is CC(C)Cc1ccc(-c2nn(C)cc2Cl)cc1. The zero-order valence-corrected chi connectivity index (χ0v) is 11.2. The van der Waals surface area contributed by atoms with Crippen molar-refractivity contribution in [2.45, 2.75) is 20.3 Å². The molecule has 0 amide bonds. The Hall–Kier alpha value is -1.28. The molecule has 0 atom stereocenters. The highest BCUT2D eigenvalue weighted by atomic mass is 35.5.